The average molecular weight is 523 g/mol. The van der Waals surface area contributed by atoms with Gasteiger partial charge in [-0.05, 0) is 55.4 Å². The van der Waals surface area contributed by atoms with Crippen LogP contribution in [0.3, 0.4) is 0 Å². The number of benzene rings is 2. The van der Waals surface area contributed by atoms with Gasteiger partial charge in [0.1, 0.15) is 19.0 Å². The first-order valence-electron chi connectivity index (χ1n) is 13.3. The Balaban J connectivity index is 1.50. The van der Waals surface area contributed by atoms with E-state index >= 15 is 0 Å². The van der Waals surface area contributed by atoms with Gasteiger partial charge < -0.3 is 25.2 Å². The van der Waals surface area contributed by atoms with Crippen molar-refractivity contribution in [2.24, 2.45) is 5.92 Å². The molecule has 1 aliphatic rings. The van der Waals surface area contributed by atoms with Gasteiger partial charge in [0.15, 0.2) is 0 Å². The number of ether oxygens (including phenoxy) is 2. The first-order chi connectivity index (χ1) is 18.5. The van der Waals surface area contributed by atoms with Gasteiger partial charge in [0.2, 0.25) is 11.8 Å². The summed E-state index contributed by atoms with van der Waals surface area (Å²) in [7, 11) is 0. The van der Waals surface area contributed by atoms with Crippen LogP contribution in [0.4, 0.5) is 0 Å². The first kappa shape index (κ1) is 28.9. The average Bonchev–Trinajstić information content (AvgIpc) is 2.93. The van der Waals surface area contributed by atoms with E-state index in [0.717, 1.165) is 36.1 Å². The Hall–Kier alpha value is -3.65. The summed E-state index contributed by atoms with van der Waals surface area (Å²) >= 11 is 0. The van der Waals surface area contributed by atoms with Gasteiger partial charge in [0, 0.05) is 12.8 Å². The predicted octanol–water partition coefficient (Wildman–Crippen LogP) is 3.47. The van der Waals surface area contributed by atoms with Crippen molar-refractivity contribution in [1.29, 1.82) is 0 Å². The molecule has 3 N–H and O–H groups in total. The molecule has 0 saturated carbocycles. The van der Waals surface area contributed by atoms with Gasteiger partial charge >= 0.3 is 5.97 Å². The molecular weight excluding hydrogens is 484 g/mol. The molecule has 0 spiro atoms. The molecule has 8 nitrogen and oxygen atoms in total. The van der Waals surface area contributed by atoms with Crippen molar-refractivity contribution in [3.8, 4) is 5.75 Å². The molecule has 0 fully saturated rings. The van der Waals surface area contributed by atoms with Gasteiger partial charge in [-0.3, -0.25) is 14.4 Å². The molecule has 2 atom stereocenters. The SMILES string of the molecule is O=C(CC1CC=CCCCCC(=O)OCCNC1=O)NC(CO)Cc1ccc(OCc2ccccc2)cc1. The van der Waals surface area contributed by atoms with Crippen molar-refractivity contribution in [2.45, 2.75) is 57.6 Å². The molecule has 0 aliphatic carbocycles. The molecular formula is C30H38N2O6. The summed E-state index contributed by atoms with van der Waals surface area (Å²) in [5.74, 6) is -0.631. The molecule has 2 aromatic carbocycles. The highest BCUT2D eigenvalue weighted by molar-refractivity contribution is 5.86. The number of aliphatic hydroxyl groups is 1. The number of hydrogen-bond acceptors (Lipinski definition) is 6. The largest absolute Gasteiger partial charge is 0.489 e. The molecule has 8 heteroatoms. The van der Waals surface area contributed by atoms with Gasteiger partial charge in [-0.2, -0.15) is 0 Å². The second-order valence-corrected chi connectivity index (χ2v) is 9.43. The van der Waals surface area contributed by atoms with Gasteiger partial charge in [0.25, 0.3) is 0 Å². The van der Waals surface area contributed by atoms with Crippen molar-refractivity contribution in [1.82, 2.24) is 10.6 Å². The van der Waals surface area contributed by atoms with E-state index in [1.165, 1.54) is 0 Å². The zero-order valence-electron chi connectivity index (χ0n) is 21.8. The summed E-state index contributed by atoms with van der Waals surface area (Å²) < 4.78 is 10.9. The molecule has 204 valence electrons. The van der Waals surface area contributed by atoms with E-state index in [1.807, 2.05) is 66.7 Å². The van der Waals surface area contributed by atoms with Crippen molar-refractivity contribution in [2.75, 3.05) is 19.8 Å². The zero-order chi connectivity index (χ0) is 27.0. The number of carbonyl (C=O) groups excluding carboxylic acids is 3. The van der Waals surface area contributed by atoms with Crippen LogP contribution in [-0.4, -0.2) is 48.7 Å². The molecule has 2 aromatic rings. The van der Waals surface area contributed by atoms with Crippen molar-refractivity contribution in [3.05, 3.63) is 77.9 Å². The van der Waals surface area contributed by atoms with E-state index in [-0.39, 0.29) is 44.0 Å². The maximum atomic E-state index is 12.8. The van der Waals surface area contributed by atoms with E-state index in [2.05, 4.69) is 10.6 Å². The maximum Gasteiger partial charge on any atom is 0.305 e. The number of allylic oxidation sites excluding steroid dienone is 2. The zero-order valence-corrected chi connectivity index (χ0v) is 21.8. The lowest BCUT2D eigenvalue weighted by Gasteiger charge is -2.20. The summed E-state index contributed by atoms with van der Waals surface area (Å²) in [6.45, 7) is 0.573. The van der Waals surface area contributed by atoms with Gasteiger partial charge in [0.05, 0.1) is 25.1 Å². The maximum absolute atomic E-state index is 12.8. The summed E-state index contributed by atoms with van der Waals surface area (Å²) in [6, 6.07) is 17.0. The number of rotatable bonds is 9. The highest BCUT2D eigenvalue weighted by Crippen LogP contribution is 2.16. The normalized spacial score (nSPS) is 18.0. The van der Waals surface area contributed by atoms with Crippen LogP contribution < -0.4 is 15.4 Å². The predicted molar refractivity (Wildman–Crippen MR) is 144 cm³/mol. The van der Waals surface area contributed by atoms with Gasteiger partial charge in [-0.25, -0.2) is 0 Å². The Morgan fingerprint density at radius 2 is 1.84 bits per heavy atom. The van der Waals surface area contributed by atoms with E-state index in [0.29, 0.717) is 25.9 Å². The summed E-state index contributed by atoms with van der Waals surface area (Å²) in [5, 5.41) is 15.5. The standard InChI is InChI=1S/C30H38N2O6/c33-21-26(19-23-13-15-27(16-14-23)38-22-24-9-5-4-6-10-24)32-28(34)20-25-11-7-2-1-3-8-12-29(35)37-18-17-31-30(25)36/h2,4-7,9-10,13-16,25-26,33H,1,3,8,11-12,17-22H2,(H,31,36)(H,32,34). The number of carbonyl (C=O) groups is 3. The Morgan fingerprint density at radius 3 is 2.61 bits per heavy atom. The number of esters is 1. The van der Waals surface area contributed by atoms with Crippen molar-refractivity contribution < 1.29 is 29.0 Å². The third-order valence-electron chi connectivity index (χ3n) is 6.30. The Labute approximate surface area is 224 Å². The van der Waals surface area contributed by atoms with E-state index in [1.54, 1.807) is 0 Å². The minimum absolute atomic E-state index is 0.00127. The Kier molecular flexibility index (Phi) is 12.4. The fourth-order valence-electron chi connectivity index (χ4n) is 4.17. The van der Waals surface area contributed by atoms with Crippen LogP contribution in [0.2, 0.25) is 0 Å². The molecule has 0 bridgehead atoms. The van der Waals surface area contributed by atoms with Crippen LogP contribution >= 0.6 is 0 Å². The van der Waals surface area contributed by atoms with Crippen molar-refractivity contribution >= 4 is 17.8 Å². The molecule has 1 aliphatic heterocycles. The van der Waals surface area contributed by atoms with E-state index < -0.39 is 12.0 Å². The summed E-state index contributed by atoms with van der Waals surface area (Å²) in [4.78, 5) is 37.2. The fraction of sp³-hybridized carbons (Fsp3) is 0.433. The quantitative estimate of drug-likeness (QED) is 0.343. The van der Waals surface area contributed by atoms with Gasteiger partial charge in [-0.1, -0.05) is 54.6 Å². The minimum Gasteiger partial charge on any atom is -0.489 e. The molecule has 38 heavy (non-hydrogen) atoms. The molecule has 0 radical (unpaired) electrons. The second-order valence-electron chi connectivity index (χ2n) is 9.43. The molecule has 0 aromatic heterocycles. The van der Waals surface area contributed by atoms with Crippen LogP contribution in [0.25, 0.3) is 0 Å². The van der Waals surface area contributed by atoms with Crippen LogP contribution in [0.5, 0.6) is 5.75 Å². The summed E-state index contributed by atoms with van der Waals surface area (Å²) in [5.41, 5.74) is 2.03. The summed E-state index contributed by atoms with van der Waals surface area (Å²) in [6.07, 6.45) is 7.59. The third kappa shape index (κ3) is 10.8. The molecule has 0 saturated heterocycles. The molecule has 3 rings (SSSR count). The van der Waals surface area contributed by atoms with Crippen LogP contribution in [0.15, 0.2) is 66.7 Å². The lowest BCUT2D eigenvalue weighted by Crippen LogP contribution is -2.42. The minimum atomic E-state index is -0.551. The highest BCUT2D eigenvalue weighted by atomic mass is 16.5. The smallest absolute Gasteiger partial charge is 0.305 e. The number of cyclic esters (lactones) is 1. The van der Waals surface area contributed by atoms with Crippen molar-refractivity contribution in [3.63, 3.8) is 0 Å². The highest BCUT2D eigenvalue weighted by Gasteiger charge is 2.22. The van der Waals surface area contributed by atoms with E-state index in [9.17, 15) is 19.5 Å². The van der Waals surface area contributed by atoms with Crippen LogP contribution in [-0.2, 0) is 32.1 Å². The molecule has 2 unspecified atom stereocenters. The Bertz CT molecular complexity index is 1040. The second kappa shape index (κ2) is 16.2. The molecule has 1 heterocycles. The number of nitrogens with one attached hydrogen (secondary N) is 2. The Morgan fingerprint density at radius 1 is 1.05 bits per heavy atom. The number of aliphatic hydroxyl groups excluding tert-OH is 1. The monoisotopic (exact) mass is 522 g/mol. The third-order valence-corrected chi connectivity index (χ3v) is 6.30. The first-order valence-corrected chi connectivity index (χ1v) is 13.3. The van der Waals surface area contributed by atoms with Crippen LogP contribution in [0.1, 0.15) is 49.7 Å². The van der Waals surface area contributed by atoms with Gasteiger partial charge in [-0.15, -0.1) is 0 Å². The molecule has 2 amide bonds. The number of amides is 2. The topological polar surface area (TPSA) is 114 Å². The van der Waals surface area contributed by atoms with Crippen LogP contribution in [0, 0.1) is 5.92 Å². The lowest BCUT2D eigenvalue weighted by atomic mass is 9.98. The lowest BCUT2D eigenvalue weighted by molar-refractivity contribution is -0.144. The van der Waals surface area contributed by atoms with E-state index in [4.69, 9.17) is 9.47 Å². The number of hydrogen-bond donors (Lipinski definition) is 3. The fourth-order valence-corrected chi connectivity index (χ4v) is 4.17.